The number of nitro groups is 1. The van der Waals surface area contributed by atoms with Crippen LogP contribution in [-0.4, -0.2) is 21.0 Å². The third-order valence-corrected chi connectivity index (χ3v) is 4.68. The number of carbonyl (C=O) groups excluding carboxylic acids is 1. The number of nitro benzene ring substituents is 1. The highest BCUT2D eigenvalue weighted by molar-refractivity contribution is 6.00. The summed E-state index contributed by atoms with van der Waals surface area (Å²) in [5.74, 6) is 0.850. The SMILES string of the molecule is CC1(C)CC(=O)C2=C(C1)Nc1nonc1NC2c1ccc([N+](=O)[O-])cc1. The van der Waals surface area contributed by atoms with Gasteiger partial charge in [0, 0.05) is 29.8 Å². The third-order valence-electron chi connectivity index (χ3n) is 4.68. The van der Waals surface area contributed by atoms with Crippen LogP contribution < -0.4 is 10.6 Å². The summed E-state index contributed by atoms with van der Waals surface area (Å²) in [6, 6.07) is 5.65. The number of benzene rings is 1. The first-order valence-corrected chi connectivity index (χ1v) is 8.21. The number of nitrogens with one attached hydrogen (secondary N) is 2. The highest BCUT2D eigenvalue weighted by Crippen LogP contribution is 2.44. The van der Waals surface area contributed by atoms with Crippen molar-refractivity contribution in [2.24, 2.45) is 5.41 Å². The van der Waals surface area contributed by atoms with Crippen molar-refractivity contribution in [1.29, 1.82) is 0 Å². The lowest BCUT2D eigenvalue weighted by Gasteiger charge is -2.33. The summed E-state index contributed by atoms with van der Waals surface area (Å²) in [7, 11) is 0. The number of Topliss-reactive ketones (excluding diaryl/α,β-unsaturated/α-hetero) is 1. The van der Waals surface area contributed by atoms with Crippen LogP contribution in [0.4, 0.5) is 17.3 Å². The predicted molar refractivity (Wildman–Crippen MR) is 92.4 cm³/mol. The number of hydrogen-bond acceptors (Lipinski definition) is 8. The molecule has 26 heavy (non-hydrogen) atoms. The van der Waals surface area contributed by atoms with Crippen molar-refractivity contribution in [3.63, 3.8) is 0 Å². The van der Waals surface area contributed by atoms with Crippen molar-refractivity contribution in [1.82, 2.24) is 10.3 Å². The summed E-state index contributed by atoms with van der Waals surface area (Å²) in [5.41, 5.74) is 1.93. The summed E-state index contributed by atoms with van der Waals surface area (Å²) in [5, 5.41) is 25.0. The van der Waals surface area contributed by atoms with Crippen LogP contribution in [0.25, 0.3) is 0 Å². The Morgan fingerprint density at radius 1 is 1.19 bits per heavy atom. The number of carbonyl (C=O) groups is 1. The first kappa shape index (κ1) is 16.2. The number of aromatic nitrogens is 2. The van der Waals surface area contributed by atoms with Gasteiger partial charge in [-0.3, -0.25) is 14.9 Å². The molecule has 0 bridgehead atoms. The molecular weight excluding hydrogens is 338 g/mol. The number of nitrogens with zero attached hydrogens (tertiary/aromatic N) is 3. The maximum Gasteiger partial charge on any atom is 0.269 e. The molecule has 2 heterocycles. The monoisotopic (exact) mass is 355 g/mol. The Balaban J connectivity index is 1.83. The maximum absolute atomic E-state index is 12.9. The van der Waals surface area contributed by atoms with Crippen LogP contribution in [0.5, 0.6) is 0 Å². The number of non-ortho nitro benzene ring substituents is 1. The van der Waals surface area contributed by atoms with Crippen LogP contribution in [0.3, 0.4) is 0 Å². The normalized spacial score (nSPS) is 21.2. The molecule has 2 N–H and O–H groups in total. The summed E-state index contributed by atoms with van der Waals surface area (Å²) >= 11 is 0. The van der Waals surface area contributed by atoms with E-state index in [9.17, 15) is 14.9 Å². The molecule has 134 valence electrons. The van der Waals surface area contributed by atoms with Gasteiger partial charge in [0.05, 0.1) is 11.0 Å². The van der Waals surface area contributed by atoms with Crippen molar-refractivity contribution < 1.29 is 14.3 Å². The average Bonchev–Trinajstić information content (AvgIpc) is 2.93. The number of fused-ring (bicyclic) bond motifs is 1. The van der Waals surface area contributed by atoms with E-state index in [1.165, 1.54) is 12.1 Å². The maximum atomic E-state index is 12.9. The molecule has 0 spiro atoms. The Labute approximate surface area is 148 Å². The molecule has 2 aromatic rings. The zero-order valence-electron chi connectivity index (χ0n) is 14.3. The molecule has 1 aliphatic carbocycles. The Bertz CT molecular complexity index is 929. The smallest absolute Gasteiger partial charge is 0.269 e. The van der Waals surface area contributed by atoms with Gasteiger partial charge in [0.25, 0.3) is 5.69 Å². The van der Waals surface area contributed by atoms with E-state index >= 15 is 0 Å². The van der Waals surface area contributed by atoms with E-state index in [0.717, 1.165) is 11.3 Å². The number of ketones is 1. The van der Waals surface area contributed by atoms with E-state index in [4.69, 9.17) is 4.63 Å². The zero-order valence-corrected chi connectivity index (χ0v) is 14.3. The van der Waals surface area contributed by atoms with E-state index in [-0.39, 0.29) is 16.9 Å². The highest BCUT2D eigenvalue weighted by atomic mass is 16.6. The molecule has 4 rings (SSSR count). The Hall–Kier alpha value is -3.23. The molecule has 0 saturated carbocycles. The summed E-state index contributed by atoms with van der Waals surface area (Å²) < 4.78 is 4.79. The van der Waals surface area contributed by atoms with Crippen molar-refractivity contribution in [3.8, 4) is 0 Å². The van der Waals surface area contributed by atoms with Crippen molar-refractivity contribution in [3.05, 3.63) is 51.2 Å². The number of hydrogen-bond donors (Lipinski definition) is 2. The lowest BCUT2D eigenvalue weighted by molar-refractivity contribution is -0.384. The van der Waals surface area contributed by atoms with Gasteiger partial charge in [-0.1, -0.05) is 13.8 Å². The Kier molecular flexibility index (Phi) is 3.53. The minimum Gasteiger partial charge on any atom is -0.353 e. The van der Waals surface area contributed by atoms with Crippen molar-refractivity contribution in [2.45, 2.75) is 32.7 Å². The molecule has 0 amide bonds. The van der Waals surface area contributed by atoms with Crippen LogP contribution >= 0.6 is 0 Å². The molecular formula is C17H17N5O4. The average molecular weight is 355 g/mol. The van der Waals surface area contributed by atoms with Crippen LogP contribution in [-0.2, 0) is 4.79 Å². The van der Waals surface area contributed by atoms with E-state index < -0.39 is 11.0 Å². The molecule has 1 unspecified atom stereocenters. The number of anilines is 2. The van der Waals surface area contributed by atoms with Crippen LogP contribution in [0.15, 0.2) is 40.2 Å². The second-order valence-corrected chi connectivity index (χ2v) is 7.35. The second kappa shape index (κ2) is 5.65. The number of rotatable bonds is 2. The molecule has 9 heteroatoms. The highest BCUT2D eigenvalue weighted by Gasteiger charge is 2.39. The molecule has 1 aromatic heterocycles. The van der Waals surface area contributed by atoms with Gasteiger partial charge in [-0.05, 0) is 39.8 Å². The predicted octanol–water partition coefficient (Wildman–Crippen LogP) is 3.20. The topological polar surface area (TPSA) is 123 Å². The molecule has 1 aromatic carbocycles. The van der Waals surface area contributed by atoms with Gasteiger partial charge in [-0.25, -0.2) is 4.63 Å². The molecule has 0 fully saturated rings. The van der Waals surface area contributed by atoms with Gasteiger partial charge >= 0.3 is 0 Å². The van der Waals surface area contributed by atoms with Gasteiger partial charge in [-0.15, -0.1) is 0 Å². The number of allylic oxidation sites excluding steroid dienone is 1. The summed E-state index contributed by atoms with van der Waals surface area (Å²) in [6.45, 7) is 4.08. The second-order valence-electron chi connectivity index (χ2n) is 7.35. The molecule has 1 aliphatic heterocycles. The molecule has 9 nitrogen and oxygen atoms in total. The molecule has 1 atom stereocenters. The fourth-order valence-corrected chi connectivity index (χ4v) is 3.54. The van der Waals surface area contributed by atoms with E-state index in [0.29, 0.717) is 30.1 Å². The van der Waals surface area contributed by atoms with Crippen LogP contribution in [0, 0.1) is 15.5 Å². The van der Waals surface area contributed by atoms with Gasteiger partial charge in [0.15, 0.2) is 5.78 Å². The quantitative estimate of drug-likeness (QED) is 0.622. The zero-order chi connectivity index (χ0) is 18.5. The summed E-state index contributed by atoms with van der Waals surface area (Å²) in [4.78, 5) is 23.4. The van der Waals surface area contributed by atoms with E-state index in [1.807, 2.05) is 13.8 Å². The lowest BCUT2D eigenvalue weighted by atomic mass is 9.73. The van der Waals surface area contributed by atoms with Crippen molar-refractivity contribution >= 4 is 23.1 Å². The van der Waals surface area contributed by atoms with E-state index in [1.54, 1.807) is 12.1 Å². The van der Waals surface area contributed by atoms with Crippen molar-refractivity contribution in [2.75, 3.05) is 10.6 Å². The molecule has 2 aliphatic rings. The largest absolute Gasteiger partial charge is 0.353 e. The van der Waals surface area contributed by atoms with Gasteiger partial charge < -0.3 is 10.6 Å². The van der Waals surface area contributed by atoms with Crippen LogP contribution in [0.1, 0.15) is 38.3 Å². The van der Waals surface area contributed by atoms with Gasteiger partial charge in [0.1, 0.15) is 0 Å². The van der Waals surface area contributed by atoms with Crippen LogP contribution in [0.2, 0.25) is 0 Å². The minimum atomic E-state index is -0.491. The van der Waals surface area contributed by atoms with Gasteiger partial charge in [-0.2, -0.15) is 0 Å². The standard InChI is InChI=1S/C17H17N5O4/c1-17(2)7-11-13(12(23)8-17)14(19-16-15(18-11)20-26-21-16)9-3-5-10(6-4-9)22(24)25/h3-6,14H,7-8H2,1-2H3,(H,18,20)(H,19,21). The first-order valence-electron chi connectivity index (χ1n) is 8.21. The third kappa shape index (κ3) is 2.71. The van der Waals surface area contributed by atoms with Gasteiger partial charge in [0.2, 0.25) is 11.6 Å². The lowest BCUT2D eigenvalue weighted by Crippen LogP contribution is -2.31. The van der Waals surface area contributed by atoms with E-state index in [2.05, 4.69) is 20.9 Å². The first-order chi connectivity index (χ1) is 12.3. The fourth-order valence-electron chi connectivity index (χ4n) is 3.54. The Morgan fingerprint density at radius 3 is 2.58 bits per heavy atom. The molecule has 0 saturated heterocycles. The fraction of sp³-hybridized carbons (Fsp3) is 0.353. The summed E-state index contributed by atoms with van der Waals surface area (Å²) in [6.07, 6.45) is 1.10. The molecule has 0 radical (unpaired) electrons. The minimum absolute atomic E-state index is 0.00500. The Morgan fingerprint density at radius 2 is 1.88 bits per heavy atom.